The molecule has 0 aliphatic rings. The van der Waals surface area contributed by atoms with E-state index in [1.807, 2.05) is 76.5 Å². The number of benzene rings is 2. The lowest BCUT2D eigenvalue weighted by atomic mass is 10.2. The van der Waals surface area contributed by atoms with Crippen LogP contribution < -0.4 is 10.2 Å². The van der Waals surface area contributed by atoms with Crippen molar-refractivity contribution in [2.75, 3.05) is 12.4 Å². The van der Waals surface area contributed by atoms with Crippen LogP contribution in [0.4, 0.5) is 0 Å². The molecule has 0 aliphatic carbocycles. The zero-order valence-electron chi connectivity index (χ0n) is 18.9. The van der Waals surface area contributed by atoms with Crippen LogP contribution in [-0.2, 0) is 4.79 Å². The van der Waals surface area contributed by atoms with Crippen LogP contribution in [0.15, 0.2) is 71.2 Å². The highest BCUT2D eigenvalue weighted by molar-refractivity contribution is 14.1. The third-order valence-electron chi connectivity index (χ3n) is 4.74. The van der Waals surface area contributed by atoms with Gasteiger partial charge >= 0.3 is 0 Å². The van der Waals surface area contributed by atoms with Crippen molar-refractivity contribution < 1.29 is 14.6 Å². The predicted octanol–water partition coefficient (Wildman–Crippen LogP) is 4.89. The minimum Gasteiger partial charge on any atom is -0.506 e. The van der Waals surface area contributed by atoms with Gasteiger partial charge in [0, 0.05) is 32.8 Å². The first-order valence-corrected chi connectivity index (χ1v) is 13.8. The second kappa shape index (κ2) is 12.5. The Balaban J connectivity index is 1.51. The van der Waals surface area contributed by atoms with Crippen LogP contribution in [0.5, 0.6) is 11.5 Å². The number of phenolic OH excluding ortho intramolecular Hbond substituents is 1. The van der Waals surface area contributed by atoms with Crippen LogP contribution in [0.3, 0.4) is 0 Å². The van der Waals surface area contributed by atoms with E-state index in [1.165, 1.54) is 18.0 Å². The Morgan fingerprint density at radius 2 is 2.03 bits per heavy atom. The van der Waals surface area contributed by atoms with E-state index in [0.29, 0.717) is 26.7 Å². The summed E-state index contributed by atoms with van der Waals surface area (Å²) in [6, 6.07) is 14.9. The molecule has 0 spiro atoms. The number of hydrogen-bond donors (Lipinski definition) is 2. The Bertz CT molecular complexity index is 1380. The number of carbonyl (C=O) groups is 1. The van der Waals surface area contributed by atoms with Crippen LogP contribution in [-0.4, -0.2) is 49.3 Å². The van der Waals surface area contributed by atoms with Crippen LogP contribution in [0.2, 0.25) is 0 Å². The summed E-state index contributed by atoms with van der Waals surface area (Å²) >= 11 is 5.44. The molecule has 36 heavy (non-hydrogen) atoms. The second-order valence-corrected chi connectivity index (χ2v) is 10.6. The van der Waals surface area contributed by atoms with Gasteiger partial charge in [0.15, 0.2) is 11.0 Å². The van der Waals surface area contributed by atoms with Gasteiger partial charge in [-0.3, -0.25) is 14.3 Å². The van der Waals surface area contributed by atoms with Crippen molar-refractivity contribution in [2.24, 2.45) is 5.10 Å². The molecule has 0 atom stereocenters. The van der Waals surface area contributed by atoms with Gasteiger partial charge in [-0.05, 0) is 101 Å². The Labute approximate surface area is 239 Å². The summed E-state index contributed by atoms with van der Waals surface area (Å²) in [4.78, 5) is 16.7. The number of rotatable bonds is 9. The molecule has 2 aromatic heterocycles. The third kappa shape index (κ3) is 6.53. The quantitative estimate of drug-likeness (QED) is 0.109. The highest BCUT2D eigenvalue weighted by Gasteiger charge is 2.17. The number of amides is 1. The van der Waals surface area contributed by atoms with Gasteiger partial charge in [-0.25, -0.2) is 5.43 Å². The van der Waals surface area contributed by atoms with E-state index in [9.17, 15) is 9.90 Å². The molecule has 4 aromatic rings. The normalized spacial score (nSPS) is 11.1. The Hall–Kier alpha value is -2.72. The number of hydrazone groups is 1. The fourth-order valence-electron chi connectivity index (χ4n) is 3.16. The topological polar surface area (TPSA) is 115 Å². The second-order valence-electron chi connectivity index (χ2n) is 7.22. The van der Waals surface area contributed by atoms with Gasteiger partial charge in [0.05, 0.1) is 22.1 Å². The fourth-order valence-corrected chi connectivity index (χ4v) is 5.79. The molecular weight excluding hydrogens is 706 g/mol. The van der Waals surface area contributed by atoms with Crippen LogP contribution in [0.25, 0.3) is 17.1 Å². The number of halogens is 2. The molecule has 2 heterocycles. The Morgan fingerprint density at radius 1 is 1.22 bits per heavy atom. The zero-order valence-corrected chi connectivity index (χ0v) is 24.1. The van der Waals surface area contributed by atoms with Gasteiger partial charge in [0.2, 0.25) is 0 Å². The fraction of sp³-hybridized carbons (Fsp3) is 0.125. The first-order valence-electron chi connectivity index (χ1n) is 10.7. The molecule has 1 amide bonds. The number of thioether (sulfide) groups is 1. The molecule has 0 unspecified atom stereocenters. The number of ether oxygens (including phenoxy) is 1. The highest BCUT2D eigenvalue weighted by Crippen LogP contribution is 2.29. The number of aromatic hydroxyl groups is 1. The Kier molecular flexibility index (Phi) is 9.14. The molecule has 0 bridgehead atoms. The monoisotopic (exact) mass is 726 g/mol. The number of carbonyl (C=O) groups excluding carboxylic acids is 1. The van der Waals surface area contributed by atoms with E-state index in [1.54, 1.807) is 18.5 Å². The molecule has 0 radical (unpaired) electrons. The maximum Gasteiger partial charge on any atom is 0.250 e. The van der Waals surface area contributed by atoms with Gasteiger partial charge in [-0.1, -0.05) is 11.8 Å². The standard InChI is InChI=1S/C24H20I2N6O3S/c1-2-35-19-7-5-18(6-8-19)32-23(15-4-3-9-27-12-15)30-31-24(32)36-14-21(33)29-28-13-16-10-17(25)11-20(26)22(16)34/h3-13,34H,2,14H2,1H3,(H,29,33). The molecular formula is C24H20I2N6O3S. The van der Waals surface area contributed by atoms with Crippen LogP contribution in [0.1, 0.15) is 12.5 Å². The van der Waals surface area contributed by atoms with Crippen molar-refractivity contribution in [3.8, 4) is 28.6 Å². The average molecular weight is 726 g/mol. The van der Waals surface area contributed by atoms with E-state index in [2.05, 4.69) is 48.3 Å². The molecule has 0 aliphatic heterocycles. The summed E-state index contributed by atoms with van der Waals surface area (Å²) < 4.78 is 9.09. The van der Waals surface area contributed by atoms with Gasteiger partial charge in [-0.2, -0.15) is 5.10 Å². The van der Waals surface area contributed by atoms with E-state index in [-0.39, 0.29) is 17.4 Å². The summed E-state index contributed by atoms with van der Waals surface area (Å²) in [5.74, 6) is 1.24. The first kappa shape index (κ1) is 26.3. The lowest BCUT2D eigenvalue weighted by Gasteiger charge is -2.11. The lowest BCUT2D eigenvalue weighted by Crippen LogP contribution is -2.20. The van der Waals surface area contributed by atoms with Gasteiger partial charge < -0.3 is 9.84 Å². The average Bonchev–Trinajstić information content (AvgIpc) is 3.31. The van der Waals surface area contributed by atoms with E-state index in [0.717, 1.165) is 20.6 Å². The lowest BCUT2D eigenvalue weighted by molar-refractivity contribution is -0.118. The molecule has 2 aromatic carbocycles. The van der Waals surface area contributed by atoms with Gasteiger partial charge in [-0.15, -0.1) is 10.2 Å². The van der Waals surface area contributed by atoms with Gasteiger partial charge in [0.1, 0.15) is 11.5 Å². The molecule has 184 valence electrons. The molecule has 0 fully saturated rings. The summed E-state index contributed by atoms with van der Waals surface area (Å²) in [5, 5.41) is 23.4. The van der Waals surface area contributed by atoms with Gasteiger partial charge in [0.25, 0.3) is 5.91 Å². The van der Waals surface area contributed by atoms with Crippen molar-refractivity contribution in [2.45, 2.75) is 12.1 Å². The van der Waals surface area contributed by atoms with E-state index in [4.69, 9.17) is 4.74 Å². The maximum absolute atomic E-state index is 12.5. The van der Waals surface area contributed by atoms with Crippen LogP contribution in [0, 0.1) is 7.14 Å². The van der Waals surface area contributed by atoms with Crippen molar-refractivity contribution in [3.63, 3.8) is 0 Å². The molecule has 2 N–H and O–H groups in total. The molecule has 12 heteroatoms. The molecule has 4 rings (SSSR count). The first-order chi connectivity index (χ1) is 17.5. The van der Waals surface area contributed by atoms with Crippen molar-refractivity contribution >= 4 is 69.1 Å². The summed E-state index contributed by atoms with van der Waals surface area (Å²) in [7, 11) is 0. The van der Waals surface area contributed by atoms with Crippen molar-refractivity contribution in [1.82, 2.24) is 25.2 Å². The SMILES string of the molecule is CCOc1ccc(-n2c(SCC(=O)NN=Cc3cc(I)cc(I)c3O)nnc2-c2cccnc2)cc1. The highest BCUT2D eigenvalue weighted by atomic mass is 127. The minimum absolute atomic E-state index is 0.0649. The van der Waals surface area contributed by atoms with Crippen LogP contribution >= 0.6 is 56.9 Å². The number of aromatic nitrogens is 4. The number of phenols is 1. The van der Waals surface area contributed by atoms with E-state index < -0.39 is 0 Å². The summed E-state index contributed by atoms with van der Waals surface area (Å²) in [6.45, 7) is 2.51. The number of hydrogen-bond acceptors (Lipinski definition) is 8. The Morgan fingerprint density at radius 3 is 2.75 bits per heavy atom. The minimum atomic E-state index is -0.319. The maximum atomic E-state index is 12.5. The number of nitrogens with zero attached hydrogens (tertiary/aromatic N) is 5. The van der Waals surface area contributed by atoms with E-state index >= 15 is 0 Å². The molecule has 0 saturated heterocycles. The number of pyridine rings is 1. The molecule has 0 saturated carbocycles. The number of nitrogens with one attached hydrogen (secondary N) is 1. The zero-order chi connectivity index (χ0) is 25.5. The van der Waals surface area contributed by atoms with Crippen molar-refractivity contribution in [3.05, 3.63) is 73.6 Å². The smallest absolute Gasteiger partial charge is 0.250 e. The summed E-state index contributed by atoms with van der Waals surface area (Å²) in [5.41, 5.74) is 4.64. The molecule has 9 nitrogen and oxygen atoms in total. The van der Waals surface area contributed by atoms with Crippen molar-refractivity contribution in [1.29, 1.82) is 0 Å². The largest absolute Gasteiger partial charge is 0.506 e. The summed E-state index contributed by atoms with van der Waals surface area (Å²) in [6.07, 6.45) is 4.83. The predicted molar refractivity (Wildman–Crippen MR) is 156 cm³/mol. The third-order valence-corrected chi connectivity index (χ3v) is 7.12.